The standard InChI is InChI=1S/C28H30O14S/c1-18(32)40-12-23-10-26(11-24(13-41-19(2)33)28(23)42-20(3)34)43(35,36)25-8-21(4-6-37-15-29)27(14-39-17-31)22(9-25)5-7-38-16-30/h8-11,15-17H,4-7,12-14H2,1-3H3. The van der Waals surface area contributed by atoms with E-state index in [2.05, 4.69) is 0 Å². The van der Waals surface area contributed by atoms with Crippen molar-refractivity contribution < 1.29 is 65.6 Å². The number of hydrogen-bond acceptors (Lipinski definition) is 14. The lowest BCUT2D eigenvalue weighted by molar-refractivity contribution is -0.142. The molecule has 0 unspecified atom stereocenters. The number of benzene rings is 2. The van der Waals surface area contributed by atoms with Gasteiger partial charge in [0.1, 0.15) is 25.6 Å². The van der Waals surface area contributed by atoms with E-state index < -0.39 is 41.0 Å². The zero-order valence-corrected chi connectivity index (χ0v) is 24.4. The first kappa shape index (κ1) is 34.4. The predicted molar refractivity (Wildman–Crippen MR) is 143 cm³/mol. The van der Waals surface area contributed by atoms with Crippen molar-refractivity contribution in [2.45, 2.75) is 63.2 Å². The van der Waals surface area contributed by atoms with Crippen LogP contribution in [0, 0.1) is 0 Å². The highest BCUT2D eigenvalue weighted by molar-refractivity contribution is 7.91. The molecular weight excluding hydrogens is 592 g/mol. The first-order chi connectivity index (χ1) is 20.4. The molecule has 0 fully saturated rings. The number of carbonyl (C=O) groups is 6. The molecule has 2 aromatic rings. The van der Waals surface area contributed by atoms with Crippen molar-refractivity contribution in [1.29, 1.82) is 0 Å². The molecule has 0 saturated heterocycles. The van der Waals surface area contributed by atoms with Crippen molar-refractivity contribution in [2.75, 3.05) is 13.2 Å². The van der Waals surface area contributed by atoms with Gasteiger partial charge in [-0.3, -0.25) is 28.8 Å². The van der Waals surface area contributed by atoms with Crippen LogP contribution in [0.4, 0.5) is 0 Å². The van der Waals surface area contributed by atoms with Crippen LogP contribution in [0.2, 0.25) is 0 Å². The maximum Gasteiger partial charge on any atom is 0.308 e. The molecule has 43 heavy (non-hydrogen) atoms. The van der Waals surface area contributed by atoms with E-state index in [-0.39, 0.29) is 78.7 Å². The van der Waals surface area contributed by atoms with Crippen molar-refractivity contribution in [1.82, 2.24) is 0 Å². The number of sulfone groups is 1. The van der Waals surface area contributed by atoms with Crippen molar-refractivity contribution in [3.8, 4) is 5.75 Å². The van der Waals surface area contributed by atoms with Crippen LogP contribution in [0.5, 0.6) is 5.75 Å². The molecule has 0 amide bonds. The molecule has 0 bridgehead atoms. The number of ether oxygens (including phenoxy) is 6. The summed E-state index contributed by atoms with van der Waals surface area (Å²) in [7, 11) is -4.40. The van der Waals surface area contributed by atoms with Gasteiger partial charge in [-0.2, -0.15) is 0 Å². The molecule has 0 heterocycles. The van der Waals surface area contributed by atoms with Gasteiger partial charge in [0, 0.05) is 44.7 Å². The number of esters is 3. The number of hydrogen-bond donors (Lipinski definition) is 0. The molecule has 0 aromatic heterocycles. The van der Waals surface area contributed by atoms with Crippen LogP contribution in [-0.2, 0) is 95.0 Å². The summed E-state index contributed by atoms with van der Waals surface area (Å²) < 4.78 is 57.9. The minimum atomic E-state index is -4.40. The van der Waals surface area contributed by atoms with Crippen molar-refractivity contribution >= 4 is 47.2 Å². The first-order valence-electron chi connectivity index (χ1n) is 12.6. The molecule has 0 aliphatic carbocycles. The summed E-state index contributed by atoms with van der Waals surface area (Å²) in [6.07, 6.45) is 0.0873. The third-order valence-corrected chi connectivity index (χ3v) is 7.48. The molecule has 0 saturated carbocycles. The second-order valence-electron chi connectivity index (χ2n) is 8.79. The summed E-state index contributed by atoms with van der Waals surface area (Å²) in [6, 6.07) is 4.94. The Balaban J connectivity index is 2.82. The van der Waals surface area contributed by atoms with Gasteiger partial charge in [-0.25, -0.2) is 8.42 Å². The molecule has 0 aliphatic rings. The number of carbonyl (C=O) groups excluding carboxylic acids is 6. The minimum Gasteiger partial charge on any atom is -0.468 e. The summed E-state index contributed by atoms with van der Waals surface area (Å²) >= 11 is 0. The van der Waals surface area contributed by atoms with Crippen molar-refractivity contribution in [2.24, 2.45) is 0 Å². The van der Waals surface area contributed by atoms with Crippen LogP contribution in [0.25, 0.3) is 0 Å². The van der Waals surface area contributed by atoms with Gasteiger partial charge in [0.15, 0.2) is 0 Å². The van der Waals surface area contributed by atoms with E-state index in [0.29, 0.717) is 16.7 Å². The maximum atomic E-state index is 14.1. The van der Waals surface area contributed by atoms with Gasteiger partial charge in [0.2, 0.25) is 9.84 Å². The average molecular weight is 623 g/mol. The monoisotopic (exact) mass is 622 g/mol. The Kier molecular flexibility index (Phi) is 13.3. The highest BCUT2D eigenvalue weighted by Gasteiger charge is 2.26. The Labute approximate surface area is 247 Å². The highest BCUT2D eigenvalue weighted by atomic mass is 32.2. The summed E-state index contributed by atoms with van der Waals surface area (Å²) in [6.45, 7) is 2.59. The molecule has 0 radical (unpaired) electrons. The molecular formula is C28H30O14S. The maximum absolute atomic E-state index is 14.1. The fourth-order valence-corrected chi connectivity index (χ4v) is 5.43. The van der Waals surface area contributed by atoms with Gasteiger partial charge in [-0.05, 0) is 41.0 Å². The Morgan fingerprint density at radius 2 is 1.05 bits per heavy atom. The summed E-state index contributed by atoms with van der Waals surface area (Å²) in [5.41, 5.74) is 1.16. The van der Waals surface area contributed by atoms with Crippen LogP contribution < -0.4 is 4.74 Å². The Bertz CT molecular complexity index is 1390. The van der Waals surface area contributed by atoms with Gasteiger partial charge in [0.05, 0.1) is 23.0 Å². The third-order valence-electron chi connectivity index (χ3n) is 5.76. The van der Waals surface area contributed by atoms with Gasteiger partial charge < -0.3 is 28.4 Å². The van der Waals surface area contributed by atoms with Gasteiger partial charge in [0.25, 0.3) is 19.4 Å². The zero-order valence-electron chi connectivity index (χ0n) is 23.6. The van der Waals surface area contributed by atoms with Crippen LogP contribution in [-0.4, -0.2) is 59.0 Å². The fourth-order valence-electron chi connectivity index (χ4n) is 3.97. The smallest absolute Gasteiger partial charge is 0.308 e. The van der Waals surface area contributed by atoms with Crippen molar-refractivity contribution in [3.05, 3.63) is 52.1 Å². The summed E-state index contributed by atoms with van der Waals surface area (Å²) in [5, 5.41) is 0. The van der Waals surface area contributed by atoms with Gasteiger partial charge in [-0.1, -0.05) is 0 Å². The molecule has 2 rings (SSSR count). The third kappa shape index (κ3) is 10.2. The van der Waals surface area contributed by atoms with E-state index in [0.717, 1.165) is 32.9 Å². The Morgan fingerprint density at radius 1 is 0.628 bits per heavy atom. The molecule has 2 aromatic carbocycles. The second kappa shape index (κ2) is 16.6. The molecule has 0 spiro atoms. The van der Waals surface area contributed by atoms with Crippen LogP contribution in [0.15, 0.2) is 34.1 Å². The van der Waals surface area contributed by atoms with E-state index in [9.17, 15) is 37.2 Å². The summed E-state index contributed by atoms with van der Waals surface area (Å²) in [5.74, 6) is -2.29. The molecule has 14 nitrogen and oxygen atoms in total. The SMILES string of the molecule is CC(=O)OCc1cc(S(=O)(=O)c2cc(CCOC=O)c(COC=O)c(CCOC=O)c2)cc(COC(C)=O)c1OC(C)=O. The molecule has 15 heteroatoms. The highest BCUT2D eigenvalue weighted by Crippen LogP contribution is 2.34. The normalized spacial score (nSPS) is 10.7. The molecule has 232 valence electrons. The van der Waals surface area contributed by atoms with E-state index in [1.807, 2.05) is 0 Å². The van der Waals surface area contributed by atoms with Gasteiger partial charge >= 0.3 is 17.9 Å². The molecule has 0 N–H and O–H groups in total. The summed E-state index contributed by atoms with van der Waals surface area (Å²) in [4.78, 5) is 66.7. The quantitative estimate of drug-likeness (QED) is 0.0766. The predicted octanol–water partition coefficient (Wildman–Crippen LogP) is 1.67. The lowest BCUT2D eigenvalue weighted by atomic mass is 9.97. The van der Waals surface area contributed by atoms with E-state index in [1.165, 1.54) is 12.1 Å². The Morgan fingerprint density at radius 3 is 1.42 bits per heavy atom. The molecule has 0 aliphatic heterocycles. The minimum absolute atomic E-state index is 0.00356. The fraction of sp³-hybridized carbons (Fsp3) is 0.357. The molecule has 0 atom stereocenters. The second-order valence-corrected chi connectivity index (χ2v) is 10.7. The lowest BCUT2D eigenvalue weighted by Crippen LogP contribution is -2.14. The van der Waals surface area contributed by atoms with Crippen LogP contribution in [0.3, 0.4) is 0 Å². The number of rotatable bonds is 18. The largest absolute Gasteiger partial charge is 0.468 e. The van der Waals surface area contributed by atoms with Crippen LogP contribution >= 0.6 is 0 Å². The van der Waals surface area contributed by atoms with E-state index >= 15 is 0 Å². The first-order valence-corrected chi connectivity index (χ1v) is 14.1. The van der Waals surface area contributed by atoms with Crippen molar-refractivity contribution in [3.63, 3.8) is 0 Å². The van der Waals surface area contributed by atoms with Crippen LogP contribution in [0.1, 0.15) is 48.6 Å². The van der Waals surface area contributed by atoms with E-state index in [4.69, 9.17) is 28.4 Å². The zero-order chi connectivity index (χ0) is 32.0. The van der Waals surface area contributed by atoms with E-state index in [1.54, 1.807) is 0 Å². The Hall–Kier alpha value is -4.79. The lowest BCUT2D eigenvalue weighted by Gasteiger charge is -2.19. The van der Waals surface area contributed by atoms with Gasteiger partial charge in [-0.15, -0.1) is 0 Å². The average Bonchev–Trinajstić information content (AvgIpc) is 2.94. The topological polar surface area (TPSA) is 192 Å².